The summed E-state index contributed by atoms with van der Waals surface area (Å²) in [6.45, 7) is 4.01. The van der Waals surface area contributed by atoms with E-state index in [2.05, 4.69) is 15.8 Å². The lowest BCUT2D eigenvalue weighted by atomic mass is 9.92. The highest BCUT2D eigenvalue weighted by Gasteiger charge is 2.50. The van der Waals surface area contributed by atoms with Crippen molar-refractivity contribution >= 4 is 51.0 Å². The van der Waals surface area contributed by atoms with Crippen molar-refractivity contribution in [3.63, 3.8) is 0 Å². The number of fused-ring (bicyclic) bond motifs is 1. The van der Waals surface area contributed by atoms with Gasteiger partial charge in [0, 0.05) is 10.4 Å². The maximum absolute atomic E-state index is 13.1. The molecular weight excluding hydrogens is 474 g/mol. The van der Waals surface area contributed by atoms with Crippen molar-refractivity contribution in [2.24, 2.45) is 0 Å². The molecule has 1 saturated heterocycles. The van der Waals surface area contributed by atoms with E-state index < -0.39 is 23.4 Å². The Bertz CT molecular complexity index is 1430. The molecule has 0 saturated carbocycles. The predicted octanol–water partition coefficient (Wildman–Crippen LogP) is 4.22. The molecule has 4 amide bonds. The van der Waals surface area contributed by atoms with E-state index >= 15 is 0 Å². The van der Waals surface area contributed by atoms with Crippen molar-refractivity contribution in [1.29, 1.82) is 0 Å². The average molecular weight is 494 g/mol. The van der Waals surface area contributed by atoms with Gasteiger partial charge >= 0.3 is 6.03 Å². The Balaban J connectivity index is 1.38. The van der Waals surface area contributed by atoms with Gasteiger partial charge in [0.2, 0.25) is 0 Å². The number of hydrazine groups is 1. The van der Waals surface area contributed by atoms with Crippen LogP contribution in [0.3, 0.4) is 0 Å². The number of aryl methyl sites for hydroxylation is 1. The summed E-state index contributed by atoms with van der Waals surface area (Å²) in [5, 5.41) is 9.50. The first-order valence-electron chi connectivity index (χ1n) is 10.5. The number of halogens is 1. The first-order chi connectivity index (χ1) is 16.3. The van der Waals surface area contributed by atoms with Crippen molar-refractivity contribution < 1.29 is 14.4 Å². The largest absolute Gasteiger partial charge is 0.344 e. The van der Waals surface area contributed by atoms with Crippen LogP contribution in [-0.4, -0.2) is 32.6 Å². The highest BCUT2D eigenvalue weighted by molar-refractivity contribution is 7.20. The van der Waals surface area contributed by atoms with Gasteiger partial charge in [-0.05, 0) is 43.2 Å². The molecule has 4 aromatic rings. The van der Waals surface area contributed by atoms with Crippen molar-refractivity contribution in [2.45, 2.75) is 25.9 Å². The summed E-state index contributed by atoms with van der Waals surface area (Å²) in [4.78, 5) is 39.8. The fraction of sp³-hybridized carbons (Fsp3) is 0.167. The maximum atomic E-state index is 13.1. The third-order valence-corrected chi connectivity index (χ3v) is 7.23. The second kappa shape index (κ2) is 8.27. The molecule has 8 nitrogen and oxygen atoms in total. The van der Waals surface area contributed by atoms with Gasteiger partial charge in [0.15, 0.2) is 0 Å². The Morgan fingerprint density at radius 3 is 2.56 bits per heavy atom. The Kier molecular flexibility index (Phi) is 5.38. The van der Waals surface area contributed by atoms with Gasteiger partial charge in [-0.15, -0.1) is 11.3 Å². The van der Waals surface area contributed by atoms with Gasteiger partial charge in [-0.2, -0.15) is 10.1 Å². The van der Waals surface area contributed by atoms with Crippen LogP contribution in [0.5, 0.6) is 0 Å². The molecule has 10 heteroatoms. The van der Waals surface area contributed by atoms with E-state index in [1.54, 1.807) is 37.3 Å². The molecule has 0 radical (unpaired) electrons. The fourth-order valence-corrected chi connectivity index (χ4v) is 5.14. The average Bonchev–Trinajstić information content (AvgIpc) is 3.45. The molecule has 1 atom stereocenters. The van der Waals surface area contributed by atoms with Crippen LogP contribution >= 0.6 is 22.9 Å². The number of nitrogens with one attached hydrogen (secondary N) is 2. The van der Waals surface area contributed by atoms with Crippen LogP contribution in [-0.2, 0) is 16.9 Å². The number of aromatic nitrogens is 2. The first-order valence-corrected chi connectivity index (χ1v) is 11.7. The van der Waals surface area contributed by atoms with E-state index in [1.807, 2.05) is 41.9 Å². The molecule has 2 N–H and O–H groups in total. The van der Waals surface area contributed by atoms with Crippen molar-refractivity contribution in [3.8, 4) is 0 Å². The molecule has 3 heterocycles. The van der Waals surface area contributed by atoms with Crippen LogP contribution in [0.15, 0.2) is 60.7 Å². The summed E-state index contributed by atoms with van der Waals surface area (Å²) < 4.78 is 1.83. The van der Waals surface area contributed by atoms with Crippen LogP contribution in [0, 0.1) is 6.92 Å². The normalized spacial score (nSPS) is 17.9. The van der Waals surface area contributed by atoms with Gasteiger partial charge < -0.3 is 5.32 Å². The zero-order chi connectivity index (χ0) is 24.0. The molecule has 0 aliphatic carbocycles. The Morgan fingerprint density at radius 1 is 1.15 bits per heavy atom. The Hall–Kier alpha value is -3.69. The number of imide groups is 1. The number of nitrogens with zero attached hydrogens (tertiary/aromatic N) is 3. The van der Waals surface area contributed by atoms with Crippen molar-refractivity contribution in [2.75, 3.05) is 0 Å². The van der Waals surface area contributed by atoms with Crippen LogP contribution < -0.4 is 10.7 Å². The second-order valence-corrected chi connectivity index (χ2v) is 9.67. The molecule has 1 aliphatic heterocycles. The van der Waals surface area contributed by atoms with Crippen LogP contribution in [0.25, 0.3) is 10.2 Å². The molecule has 2 aromatic heterocycles. The molecule has 0 spiro atoms. The molecular formula is C24H20ClN5O3S. The molecule has 0 bridgehead atoms. The third-order valence-electron chi connectivity index (χ3n) is 5.83. The summed E-state index contributed by atoms with van der Waals surface area (Å²) in [5.74, 6) is -1.09. The van der Waals surface area contributed by atoms with E-state index in [-0.39, 0.29) is 0 Å². The monoisotopic (exact) mass is 493 g/mol. The minimum absolute atomic E-state index is 0.370. The number of rotatable bonds is 5. The number of benzene rings is 2. The summed E-state index contributed by atoms with van der Waals surface area (Å²) in [6.07, 6.45) is 0. The molecule has 34 heavy (non-hydrogen) atoms. The number of hydrogen-bond donors (Lipinski definition) is 2. The predicted molar refractivity (Wildman–Crippen MR) is 130 cm³/mol. The fourth-order valence-electron chi connectivity index (χ4n) is 3.96. The van der Waals surface area contributed by atoms with Gasteiger partial charge in [-0.3, -0.25) is 19.7 Å². The standard InChI is InChI=1S/C24H20ClN5O3S/c1-14-18-12-19(34-21(18)29(27-14)13-15-8-10-17(25)11-9-15)20(31)28-30-22(32)24(2,26-23(30)33)16-6-4-3-5-7-16/h3-12H,13H2,1-2H3,(H,26,33)(H,28,31)/t24-/m0/s1. The summed E-state index contributed by atoms with van der Waals surface area (Å²) in [6, 6.07) is 17.4. The van der Waals surface area contributed by atoms with Gasteiger partial charge in [0.1, 0.15) is 10.4 Å². The molecule has 2 aromatic carbocycles. The third kappa shape index (κ3) is 3.72. The molecule has 5 rings (SSSR count). The highest BCUT2D eigenvalue weighted by atomic mass is 35.5. The lowest BCUT2D eigenvalue weighted by molar-refractivity contribution is -0.132. The van der Waals surface area contributed by atoms with E-state index in [0.29, 0.717) is 22.0 Å². The van der Waals surface area contributed by atoms with Crippen molar-refractivity contribution in [1.82, 2.24) is 25.5 Å². The summed E-state index contributed by atoms with van der Waals surface area (Å²) in [7, 11) is 0. The smallest absolute Gasteiger partial charge is 0.318 e. The van der Waals surface area contributed by atoms with Gasteiger partial charge in [-0.25, -0.2) is 4.79 Å². The SMILES string of the molecule is Cc1nn(Cc2ccc(Cl)cc2)c2sc(C(=O)NN3C(=O)N[C@@](C)(c4ccccc4)C3=O)cc12. The minimum atomic E-state index is -1.26. The lowest BCUT2D eigenvalue weighted by Crippen LogP contribution is -2.47. The minimum Gasteiger partial charge on any atom is -0.318 e. The zero-order valence-electron chi connectivity index (χ0n) is 18.3. The zero-order valence-corrected chi connectivity index (χ0v) is 19.9. The second-order valence-electron chi connectivity index (χ2n) is 8.20. The van der Waals surface area contributed by atoms with Gasteiger partial charge in [0.25, 0.3) is 11.8 Å². The summed E-state index contributed by atoms with van der Waals surface area (Å²) in [5.41, 5.74) is 3.64. The van der Waals surface area contributed by atoms with E-state index in [9.17, 15) is 14.4 Å². The van der Waals surface area contributed by atoms with Gasteiger partial charge in [-0.1, -0.05) is 54.1 Å². The highest BCUT2D eigenvalue weighted by Crippen LogP contribution is 2.31. The first kappa shape index (κ1) is 22.1. The quantitative estimate of drug-likeness (QED) is 0.407. The molecule has 1 fully saturated rings. The molecule has 172 valence electrons. The number of thiophene rings is 1. The van der Waals surface area contributed by atoms with Crippen molar-refractivity contribution in [3.05, 3.63) is 87.4 Å². The Morgan fingerprint density at radius 2 is 1.85 bits per heavy atom. The van der Waals surface area contributed by atoms with Crippen LogP contribution in [0.1, 0.15) is 33.4 Å². The van der Waals surface area contributed by atoms with E-state index in [4.69, 9.17) is 11.6 Å². The topological polar surface area (TPSA) is 96.3 Å². The molecule has 0 unspecified atom stereocenters. The van der Waals surface area contributed by atoms with E-state index in [1.165, 1.54) is 11.3 Å². The summed E-state index contributed by atoms with van der Waals surface area (Å²) >= 11 is 7.22. The molecule has 1 aliphatic rings. The number of hydrogen-bond acceptors (Lipinski definition) is 5. The van der Waals surface area contributed by atoms with E-state index in [0.717, 1.165) is 26.5 Å². The lowest BCUT2D eigenvalue weighted by Gasteiger charge is -2.21. The van der Waals surface area contributed by atoms with Crippen LogP contribution in [0.4, 0.5) is 4.79 Å². The number of amides is 4. The van der Waals surface area contributed by atoms with Crippen LogP contribution in [0.2, 0.25) is 5.02 Å². The number of urea groups is 1. The maximum Gasteiger partial charge on any atom is 0.344 e. The number of carbonyl (C=O) groups is 3. The Labute approximate surface area is 204 Å². The van der Waals surface area contributed by atoms with Gasteiger partial charge in [0.05, 0.1) is 17.1 Å². The number of carbonyl (C=O) groups excluding carboxylic acids is 3.